The van der Waals surface area contributed by atoms with E-state index in [1.54, 1.807) is 22.7 Å². The van der Waals surface area contributed by atoms with Gasteiger partial charge in [0.15, 0.2) is 0 Å². The van der Waals surface area contributed by atoms with Crippen LogP contribution in [0.2, 0.25) is 0 Å². The van der Waals surface area contributed by atoms with Gasteiger partial charge in [0, 0.05) is 4.88 Å². The van der Waals surface area contributed by atoms with Gasteiger partial charge in [-0.3, -0.25) is 5.84 Å². The van der Waals surface area contributed by atoms with E-state index >= 15 is 0 Å². The summed E-state index contributed by atoms with van der Waals surface area (Å²) in [6.07, 6.45) is 1.06. The first-order chi connectivity index (χ1) is 7.36. The fourth-order valence-electron chi connectivity index (χ4n) is 1.66. The van der Waals surface area contributed by atoms with Crippen molar-refractivity contribution in [3.63, 3.8) is 0 Å². The van der Waals surface area contributed by atoms with Gasteiger partial charge in [-0.25, -0.2) is 5.43 Å². The highest BCUT2D eigenvalue weighted by molar-refractivity contribution is 7.10. The molecule has 0 aromatic carbocycles. The van der Waals surface area contributed by atoms with Gasteiger partial charge in [0.25, 0.3) is 0 Å². The second kappa shape index (κ2) is 4.90. The fourth-order valence-corrected chi connectivity index (χ4v) is 3.42. The lowest BCUT2D eigenvalue weighted by Gasteiger charge is -2.14. The molecule has 2 aromatic heterocycles. The molecule has 0 saturated heterocycles. The Kier molecular flexibility index (Phi) is 3.53. The quantitative estimate of drug-likeness (QED) is 0.635. The highest BCUT2D eigenvalue weighted by atomic mass is 32.1. The highest BCUT2D eigenvalue weighted by Gasteiger charge is 2.16. The fraction of sp³-hybridized carbons (Fsp3) is 0.273. The molecule has 0 bridgehead atoms. The maximum Gasteiger partial charge on any atom is 0.0813 e. The van der Waals surface area contributed by atoms with Crippen LogP contribution in [0.5, 0.6) is 0 Å². The number of nitrogens with one attached hydrogen (secondary N) is 1. The predicted molar refractivity (Wildman–Crippen MR) is 67.2 cm³/mol. The first-order valence-electron chi connectivity index (χ1n) is 4.91. The summed E-state index contributed by atoms with van der Waals surface area (Å²) in [5, 5.41) is 6.35. The SMILES string of the molecule is CCc1ccsc1C(NN)c1ccsc1. The van der Waals surface area contributed by atoms with Crippen molar-refractivity contribution in [2.45, 2.75) is 19.4 Å². The van der Waals surface area contributed by atoms with Crippen molar-refractivity contribution in [1.82, 2.24) is 5.43 Å². The van der Waals surface area contributed by atoms with E-state index in [0.29, 0.717) is 0 Å². The molecule has 2 heterocycles. The van der Waals surface area contributed by atoms with Crippen LogP contribution in [-0.4, -0.2) is 0 Å². The number of hydrogen-bond donors (Lipinski definition) is 2. The van der Waals surface area contributed by atoms with Gasteiger partial charge >= 0.3 is 0 Å². The van der Waals surface area contributed by atoms with Crippen LogP contribution >= 0.6 is 22.7 Å². The van der Waals surface area contributed by atoms with Crippen molar-refractivity contribution in [3.05, 3.63) is 44.3 Å². The maximum absolute atomic E-state index is 5.64. The van der Waals surface area contributed by atoms with Crippen LogP contribution in [-0.2, 0) is 6.42 Å². The molecule has 4 heteroatoms. The third kappa shape index (κ3) is 2.13. The summed E-state index contributed by atoms with van der Waals surface area (Å²) in [4.78, 5) is 1.33. The zero-order chi connectivity index (χ0) is 10.7. The normalized spacial score (nSPS) is 12.9. The van der Waals surface area contributed by atoms with E-state index < -0.39 is 0 Å². The van der Waals surface area contributed by atoms with Crippen molar-refractivity contribution < 1.29 is 0 Å². The zero-order valence-corrected chi connectivity index (χ0v) is 10.2. The Bertz CT molecular complexity index is 406. The van der Waals surface area contributed by atoms with E-state index in [-0.39, 0.29) is 6.04 Å². The van der Waals surface area contributed by atoms with Gasteiger partial charge in [0.05, 0.1) is 6.04 Å². The van der Waals surface area contributed by atoms with Crippen molar-refractivity contribution >= 4 is 22.7 Å². The molecule has 0 radical (unpaired) electrons. The smallest absolute Gasteiger partial charge is 0.0813 e. The van der Waals surface area contributed by atoms with Crippen LogP contribution in [0.1, 0.15) is 29.0 Å². The summed E-state index contributed by atoms with van der Waals surface area (Å²) in [5.41, 5.74) is 5.53. The molecule has 2 nitrogen and oxygen atoms in total. The van der Waals surface area contributed by atoms with E-state index in [1.807, 2.05) is 0 Å². The van der Waals surface area contributed by atoms with E-state index in [1.165, 1.54) is 16.0 Å². The Hall–Kier alpha value is -0.680. The molecule has 0 saturated carbocycles. The van der Waals surface area contributed by atoms with Gasteiger partial charge in [0.1, 0.15) is 0 Å². The third-order valence-electron chi connectivity index (χ3n) is 2.47. The van der Waals surface area contributed by atoms with Crippen LogP contribution in [0, 0.1) is 0 Å². The van der Waals surface area contributed by atoms with E-state index in [0.717, 1.165) is 6.42 Å². The highest BCUT2D eigenvalue weighted by Crippen LogP contribution is 2.30. The first kappa shape index (κ1) is 10.8. The van der Waals surface area contributed by atoms with Crippen molar-refractivity contribution in [2.75, 3.05) is 0 Å². The number of hydrazine groups is 1. The van der Waals surface area contributed by atoms with E-state index in [9.17, 15) is 0 Å². The lowest BCUT2D eigenvalue weighted by molar-refractivity contribution is 0.644. The van der Waals surface area contributed by atoms with Crippen molar-refractivity contribution in [2.24, 2.45) is 5.84 Å². The Morgan fingerprint density at radius 3 is 2.87 bits per heavy atom. The molecule has 0 spiro atoms. The summed E-state index contributed by atoms with van der Waals surface area (Å²) < 4.78 is 0. The zero-order valence-electron chi connectivity index (χ0n) is 8.57. The molecule has 0 amide bonds. The molecule has 0 aliphatic carbocycles. The first-order valence-corrected chi connectivity index (χ1v) is 6.73. The van der Waals surface area contributed by atoms with Crippen molar-refractivity contribution in [1.29, 1.82) is 0 Å². The lowest BCUT2D eigenvalue weighted by atomic mass is 10.1. The minimum atomic E-state index is 0.145. The Labute approximate surface area is 97.7 Å². The molecule has 0 fully saturated rings. The number of hydrogen-bond acceptors (Lipinski definition) is 4. The Morgan fingerprint density at radius 2 is 2.27 bits per heavy atom. The molecule has 80 valence electrons. The van der Waals surface area contributed by atoms with E-state index in [2.05, 4.69) is 40.6 Å². The topological polar surface area (TPSA) is 38.0 Å². The summed E-state index contributed by atoms with van der Waals surface area (Å²) in [5.74, 6) is 5.64. The van der Waals surface area contributed by atoms with Gasteiger partial charge in [0.2, 0.25) is 0 Å². The summed E-state index contributed by atoms with van der Waals surface area (Å²) in [6, 6.07) is 4.44. The van der Waals surface area contributed by atoms with Crippen LogP contribution < -0.4 is 11.3 Å². The van der Waals surface area contributed by atoms with Gasteiger partial charge < -0.3 is 0 Å². The number of thiophene rings is 2. The molecule has 0 aliphatic rings. The van der Waals surface area contributed by atoms with Crippen LogP contribution in [0.15, 0.2) is 28.3 Å². The summed E-state index contributed by atoms with van der Waals surface area (Å²) >= 11 is 3.47. The van der Waals surface area contributed by atoms with Gasteiger partial charge in [-0.1, -0.05) is 6.92 Å². The monoisotopic (exact) mass is 238 g/mol. The maximum atomic E-state index is 5.64. The molecule has 15 heavy (non-hydrogen) atoms. The molecular formula is C11H14N2S2. The molecular weight excluding hydrogens is 224 g/mol. The summed E-state index contributed by atoms with van der Waals surface area (Å²) in [7, 11) is 0. The minimum Gasteiger partial charge on any atom is -0.271 e. The molecule has 3 N–H and O–H groups in total. The average Bonchev–Trinajstić information content (AvgIpc) is 2.89. The molecule has 1 atom stereocenters. The van der Waals surface area contributed by atoms with Gasteiger partial charge in [-0.15, -0.1) is 11.3 Å². The van der Waals surface area contributed by atoms with Crippen molar-refractivity contribution in [3.8, 4) is 0 Å². The number of rotatable bonds is 4. The molecule has 2 rings (SSSR count). The second-order valence-corrected chi connectivity index (χ2v) is 5.05. The predicted octanol–water partition coefficient (Wildman–Crippen LogP) is 2.92. The van der Waals surface area contributed by atoms with Crippen LogP contribution in [0.4, 0.5) is 0 Å². The molecule has 1 unspecified atom stereocenters. The van der Waals surface area contributed by atoms with Gasteiger partial charge in [-0.2, -0.15) is 11.3 Å². The largest absolute Gasteiger partial charge is 0.271 e. The second-order valence-electron chi connectivity index (χ2n) is 3.32. The van der Waals surface area contributed by atoms with Crippen LogP contribution in [0.3, 0.4) is 0 Å². The minimum absolute atomic E-state index is 0.145. The number of aryl methyl sites for hydroxylation is 1. The molecule has 2 aromatic rings. The van der Waals surface area contributed by atoms with Gasteiger partial charge in [-0.05, 0) is 45.8 Å². The summed E-state index contributed by atoms with van der Waals surface area (Å²) in [6.45, 7) is 2.17. The van der Waals surface area contributed by atoms with E-state index in [4.69, 9.17) is 5.84 Å². The lowest BCUT2D eigenvalue weighted by Crippen LogP contribution is -2.28. The molecule has 0 aliphatic heterocycles. The third-order valence-corrected chi connectivity index (χ3v) is 4.19. The average molecular weight is 238 g/mol. The number of nitrogens with two attached hydrogens (primary N) is 1. The van der Waals surface area contributed by atoms with Crippen LogP contribution in [0.25, 0.3) is 0 Å². The Morgan fingerprint density at radius 1 is 1.40 bits per heavy atom. The Balaban J connectivity index is 2.35. The standard InChI is InChI=1S/C11H14N2S2/c1-2-8-4-6-15-11(8)10(13-12)9-3-5-14-7-9/h3-7,10,13H,2,12H2,1H3.